The maximum absolute atomic E-state index is 11.4. The Balaban J connectivity index is 2.32. The van der Waals surface area contributed by atoms with E-state index in [2.05, 4.69) is 14.7 Å². The van der Waals surface area contributed by atoms with Crippen LogP contribution < -0.4 is 4.90 Å². The molecule has 0 amide bonds. The normalized spacial score (nSPS) is 14.8. The predicted octanol–water partition coefficient (Wildman–Crippen LogP) is 2.35. The molecule has 0 aliphatic heterocycles. The van der Waals surface area contributed by atoms with Gasteiger partial charge in [0.15, 0.2) is 0 Å². The van der Waals surface area contributed by atoms with Crippen LogP contribution in [0.5, 0.6) is 0 Å². The van der Waals surface area contributed by atoms with E-state index in [0.717, 1.165) is 31.9 Å². The summed E-state index contributed by atoms with van der Waals surface area (Å²) in [6.07, 6.45) is 5.13. The Kier molecular flexibility index (Phi) is 5.48. The Labute approximate surface area is 132 Å². The van der Waals surface area contributed by atoms with Gasteiger partial charge in [-0.25, -0.2) is 4.98 Å². The average molecular weight is 329 g/mol. The van der Waals surface area contributed by atoms with Crippen molar-refractivity contribution in [3.05, 3.63) is 21.6 Å². The molecule has 0 unspecified atom stereocenters. The zero-order valence-corrected chi connectivity index (χ0v) is 13.0. The lowest BCUT2D eigenvalue weighted by Crippen LogP contribution is -2.36. The van der Waals surface area contributed by atoms with Crippen LogP contribution >= 0.6 is 11.6 Å². The number of ether oxygens (including phenoxy) is 1. The number of hydrogen-bond donors (Lipinski definition) is 0. The Morgan fingerprint density at radius 2 is 2.23 bits per heavy atom. The number of nitro groups is 1. The van der Waals surface area contributed by atoms with Gasteiger partial charge in [0.1, 0.15) is 6.20 Å². The molecule has 0 atom stereocenters. The first kappa shape index (κ1) is 16.4. The molecular weight excluding hydrogens is 312 g/mol. The zero-order valence-electron chi connectivity index (χ0n) is 12.2. The number of halogens is 1. The van der Waals surface area contributed by atoms with Gasteiger partial charge in [-0.05, 0) is 24.4 Å². The van der Waals surface area contributed by atoms with Crippen LogP contribution in [0.2, 0.25) is 5.28 Å². The van der Waals surface area contributed by atoms with Crippen molar-refractivity contribution in [1.82, 2.24) is 9.97 Å². The molecule has 22 heavy (non-hydrogen) atoms. The third-order valence-electron chi connectivity index (χ3n) is 3.74. The second-order valence-corrected chi connectivity index (χ2v) is 5.40. The van der Waals surface area contributed by atoms with Crippen molar-refractivity contribution >= 4 is 29.1 Å². The molecule has 1 aromatic rings. The van der Waals surface area contributed by atoms with E-state index in [1.165, 1.54) is 7.11 Å². The van der Waals surface area contributed by atoms with Crippen LogP contribution in [0, 0.1) is 10.1 Å². The fourth-order valence-electron chi connectivity index (χ4n) is 2.68. The molecular formula is C13H17ClN4O4. The number of aromatic nitrogens is 2. The second-order valence-electron chi connectivity index (χ2n) is 5.06. The molecule has 0 N–H and O–H groups in total. The number of esters is 1. The van der Waals surface area contributed by atoms with Crippen molar-refractivity contribution in [2.45, 2.75) is 38.1 Å². The van der Waals surface area contributed by atoms with E-state index in [-0.39, 0.29) is 35.2 Å². The SMILES string of the molecule is COC(=O)CCN(c1nc(Cl)ncc1[N+](=O)[O-])C1CCCC1. The zero-order chi connectivity index (χ0) is 16.1. The highest BCUT2D eigenvalue weighted by Crippen LogP contribution is 2.33. The summed E-state index contributed by atoms with van der Waals surface area (Å²) in [4.78, 5) is 31.6. The number of carbonyl (C=O) groups is 1. The van der Waals surface area contributed by atoms with E-state index >= 15 is 0 Å². The van der Waals surface area contributed by atoms with Crippen LogP contribution in [0.15, 0.2) is 6.20 Å². The van der Waals surface area contributed by atoms with Gasteiger partial charge in [0.2, 0.25) is 11.1 Å². The Hall–Kier alpha value is -1.96. The van der Waals surface area contributed by atoms with Crippen LogP contribution in [-0.2, 0) is 9.53 Å². The van der Waals surface area contributed by atoms with Crippen LogP contribution in [0.4, 0.5) is 11.5 Å². The number of rotatable bonds is 6. The largest absolute Gasteiger partial charge is 0.469 e. The minimum atomic E-state index is -0.536. The van der Waals surface area contributed by atoms with Gasteiger partial charge in [-0.15, -0.1) is 0 Å². The van der Waals surface area contributed by atoms with Gasteiger partial charge in [0, 0.05) is 12.6 Å². The van der Waals surface area contributed by atoms with Gasteiger partial charge in [-0.3, -0.25) is 14.9 Å². The van der Waals surface area contributed by atoms with Crippen molar-refractivity contribution < 1.29 is 14.5 Å². The summed E-state index contributed by atoms with van der Waals surface area (Å²) in [6.45, 7) is 0.297. The van der Waals surface area contributed by atoms with Gasteiger partial charge in [-0.2, -0.15) is 4.98 Å². The van der Waals surface area contributed by atoms with Gasteiger partial charge in [0.25, 0.3) is 0 Å². The van der Waals surface area contributed by atoms with Crippen molar-refractivity contribution in [2.75, 3.05) is 18.6 Å². The van der Waals surface area contributed by atoms with E-state index in [1.807, 2.05) is 0 Å². The Morgan fingerprint density at radius 3 is 2.82 bits per heavy atom. The monoisotopic (exact) mass is 328 g/mol. The molecule has 1 fully saturated rings. The molecule has 0 radical (unpaired) electrons. The summed E-state index contributed by atoms with van der Waals surface area (Å²) in [5, 5.41) is 11.2. The van der Waals surface area contributed by atoms with E-state index in [1.54, 1.807) is 4.90 Å². The first-order valence-electron chi connectivity index (χ1n) is 7.03. The number of nitrogens with zero attached hydrogens (tertiary/aromatic N) is 4. The van der Waals surface area contributed by atoms with Crippen molar-refractivity contribution in [1.29, 1.82) is 0 Å². The second kappa shape index (κ2) is 7.35. The third kappa shape index (κ3) is 3.82. The van der Waals surface area contributed by atoms with Crippen LogP contribution in [0.25, 0.3) is 0 Å². The molecule has 8 nitrogen and oxygen atoms in total. The van der Waals surface area contributed by atoms with E-state index in [9.17, 15) is 14.9 Å². The lowest BCUT2D eigenvalue weighted by molar-refractivity contribution is -0.384. The molecule has 1 aliphatic carbocycles. The fraction of sp³-hybridized carbons (Fsp3) is 0.615. The number of hydrogen-bond acceptors (Lipinski definition) is 7. The molecule has 0 spiro atoms. The highest BCUT2D eigenvalue weighted by Gasteiger charge is 2.30. The molecule has 1 heterocycles. The van der Waals surface area contributed by atoms with E-state index < -0.39 is 4.92 Å². The minimum Gasteiger partial charge on any atom is -0.469 e. The van der Waals surface area contributed by atoms with Gasteiger partial charge in [-0.1, -0.05) is 12.8 Å². The molecule has 1 aliphatic rings. The summed E-state index contributed by atoms with van der Waals surface area (Å²) in [7, 11) is 1.31. The molecule has 1 aromatic heterocycles. The van der Waals surface area contributed by atoms with Crippen molar-refractivity contribution in [3.63, 3.8) is 0 Å². The molecule has 0 bridgehead atoms. The Bertz CT molecular complexity index is 563. The predicted molar refractivity (Wildman–Crippen MR) is 79.9 cm³/mol. The number of carbonyl (C=O) groups excluding carboxylic acids is 1. The fourth-order valence-corrected chi connectivity index (χ4v) is 2.81. The van der Waals surface area contributed by atoms with Crippen LogP contribution in [0.3, 0.4) is 0 Å². The average Bonchev–Trinajstić information content (AvgIpc) is 3.01. The summed E-state index contributed by atoms with van der Waals surface area (Å²) < 4.78 is 4.64. The van der Waals surface area contributed by atoms with Crippen molar-refractivity contribution in [3.8, 4) is 0 Å². The molecule has 9 heteroatoms. The molecule has 120 valence electrons. The van der Waals surface area contributed by atoms with Crippen molar-refractivity contribution in [2.24, 2.45) is 0 Å². The summed E-state index contributed by atoms with van der Waals surface area (Å²) in [6, 6.07) is 0.106. The highest BCUT2D eigenvalue weighted by molar-refractivity contribution is 6.28. The molecule has 1 saturated carbocycles. The topological polar surface area (TPSA) is 98.5 Å². The molecule has 0 aromatic carbocycles. The summed E-state index contributed by atoms with van der Waals surface area (Å²) in [5.74, 6) is -0.202. The van der Waals surface area contributed by atoms with Gasteiger partial charge >= 0.3 is 11.7 Å². The molecule has 2 rings (SSSR count). The first-order valence-corrected chi connectivity index (χ1v) is 7.41. The first-order chi connectivity index (χ1) is 10.5. The standard InChI is InChI=1S/C13H17ClN4O4/c1-22-11(19)6-7-17(9-4-2-3-5-9)12-10(18(20)21)8-15-13(14)16-12/h8-9H,2-7H2,1H3. The van der Waals surface area contributed by atoms with Crippen LogP contribution in [-0.4, -0.2) is 40.6 Å². The van der Waals surface area contributed by atoms with E-state index in [4.69, 9.17) is 11.6 Å². The number of anilines is 1. The lowest BCUT2D eigenvalue weighted by atomic mass is 10.2. The minimum absolute atomic E-state index is 0.0540. The van der Waals surface area contributed by atoms with E-state index in [0.29, 0.717) is 6.54 Å². The maximum Gasteiger partial charge on any atom is 0.329 e. The number of methoxy groups -OCH3 is 1. The summed E-state index contributed by atoms with van der Waals surface area (Å²) in [5.41, 5.74) is -0.207. The van der Waals surface area contributed by atoms with Gasteiger partial charge < -0.3 is 9.64 Å². The lowest BCUT2D eigenvalue weighted by Gasteiger charge is -2.29. The third-order valence-corrected chi connectivity index (χ3v) is 3.92. The van der Waals surface area contributed by atoms with Gasteiger partial charge in [0.05, 0.1) is 18.5 Å². The van der Waals surface area contributed by atoms with Crippen LogP contribution in [0.1, 0.15) is 32.1 Å². The quantitative estimate of drug-likeness (QED) is 0.342. The molecule has 0 saturated heterocycles. The smallest absolute Gasteiger partial charge is 0.329 e. The Morgan fingerprint density at radius 1 is 1.55 bits per heavy atom. The maximum atomic E-state index is 11.4. The highest BCUT2D eigenvalue weighted by atomic mass is 35.5. The summed E-state index contributed by atoms with van der Waals surface area (Å²) >= 11 is 5.80.